The molecule has 0 saturated carbocycles. The summed E-state index contributed by atoms with van der Waals surface area (Å²) in [5.74, 6) is 0. The minimum Gasteiger partial charge on any atom is 2.00 e. The van der Waals surface area contributed by atoms with Gasteiger partial charge >= 0.3 is 63.8 Å². The van der Waals surface area contributed by atoms with Crippen molar-refractivity contribution in [3.8, 4) is 37.5 Å². The molecule has 0 unspecified atom stereocenters. The van der Waals surface area contributed by atoms with E-state index in [1.807, 2.05) is 0 Å². The molecular weight excluding hydrogens is 509 g/mol. The molecule has 0 atom stereocenters. The van der Waals surface area contributed by atoms with E-state index in [-0.39, 0.29) is 63.8 Å². The van der Waals surface area contributed by atoms with Crippen LogP contribution in [0.1, 0.15) is 0 Å². The molecule has 21 heavy (non-hydrogen) atoms. The van der Waals surface area contributed by atoms with Gasteiger partial charge in [-0.25, -0.2) is 31.6 Å². The number of hydrogen-bond donors (Lipinski definition) is 0. The zero-order valence-electron chi connectivity index (χ0n) is 10.3. The number of rotatable bonds is 0. The van der Waals surface area contributed by atoms with Crippen molar-refractivity contribution in [3.05, 3.63) is 0 Å². The van der Waals surface area contributed by atoms with E-state index in [1.165, 1.54) is 0 Å². The van der Waals surface area contributed by atoms with E-state index in [9.17, 15) is 0 Å². The van der Waals surface area contributed by atoms with Crippen LogP contribution in [0.3, 0.4) is 0 Å². The molecule has 0 aliphatic heterocycles. The van der Waals surface area contributed by atoms with Crippen molar-refractivity contribution in [1.82, 2.24) is 0 Å². The molecule has 0 aromatic heterocycles. The molecule has 12 nitrogen and oxygen atoms in total. The van der Waals surface area contributed by atoms with Gasteiger partial charge in [-0.3, -0.25) is 0 Å². The van der Waals surface area contributed by atoms with Gasteiger partial charge in [0.2, 0.25) is 0 Å². The first-order valence-corrected chi connectivity index (χ1v) is 2.57. The molecular formula is C6H4CdN6O6SeZn. The average Bonchev–Trinajstić information content (AvgIpc) is 2.23. The first-order valence-electron chi connectivity index (χ1n) is 2.57. The van der Waals surface area contributed by atoms with Gasteiger partial charge in [0.25, 0.3) is 0 Å². The summed E-state index contributed by atoms with van der Waals surface area (Å²) >= 11 is 0. The van der Waals surface area contributed by atoms with E-state index in [0.29, 0.717) is 37.5 Å². The summed E-state index contributed by atoms with van der Waals surface area (Å²) < 4.78 is 0. The molecule has 0 aromatic rings. The molecule has 0 radical (unpaired) electrons. The molecule has 15 heteroatoms. The fraction of sp³-hybridized carbons (Fsp3) is 0. The number of nitrogens with zero attached hydrogens (tertiary/aromatic N) is 6. The second kappa shape index (κ2) is 347. The third-order valence-corrected chi connectivity index (χ3v) is 0. The molecule has 0 rings (SSSR count). The van der Waals surface area contributed by atoms with Crippen LogP contribution >= 0.6 is 0 Å². The van der Waals surface area contributed by atoms with Crippen molar-refractivity contribution in [2.24, 2.45) is 0 Å². The fourth-order valence-corrected chi connectivity index (χ4v) is 0. The molecule has 104 valence electrons. The van der Waals surface area contributed by atoms with Crippen LogP contribution in [-0.2, 0) is 46.8 Å². The van der Waals surface area contributed by atoms with E-state index in [2.05, 4.69) is 0 Å². The quantitative estimate of drug-likeness (QED) is 0.216. The first kappa shape index (κ1) is 62.0. The van der Waals surface area contributed by atoms with Gasteiger partial charge in [0.1, 0.15) is 0 Å². The van der Waals surface area contributed by atoms with Gasteiger partial charge in [-0.1, -0.05) is 0 Å². The largest absolute Gasteiger partial charge is 2.00 e. The molecule has 0 spiro atoms. The normalized spacial score (nSPS) is 2.00. The van der Waals surface area contributed by atoms with Crippen molar-refractivity contribution < 1.29 is 77.4 Å². The van der Waals surface area contributed by atoms with Gasteiger partial charge in [0.05, 0.1) is 0 Å². The zero-order valence-corrected chi connectivity index (χ0v) is 20.2. The summed E-state index contributed by atoms with van der Waals surface area (Å²) in [6.07, 6.45) is 3.00. The Balaban J connectivity index is -0.0000000114. The van der Waals surface area contributed by atoms with Crippen LogP contribution in [0.15, 0.2) is 0 Å². The molecule has 0 amide bonds. The van der Waals surface area contributed by atoms with E-state index in [4.69, 9.17) is 62.2 Å². The van der Waals surface area contributed by atoms with Crippen molar-refractivity contribution in [1.29, 1.82) is 31.6 Å². The van der Waals surface area contributed by atoms with Crippen LogP contribution in [0.4, 0.5) is 0 Å². The van der Waals surface area contributed by atoms with Gasteiger partial charge in [-0.2, -0.15) is 0 Å². The number of nitriles is 6. The second-order valence-electron chi connectivity index (χ2n) is 0.548. The van der Waals surface area contributed by atoms with Gasteiger partial charge in [0, 0.05) is 37.5 Å². The van der Waals surface area contributed by atoms with E-state index in [0.717, 1.165) is 0 Å². The van der Waals surface area contributed by atoms with Crippen molar-refractivity contribution >= 4 is 17.1 Å². The average molecular weight is 513 g/mol. The van der Waals surface area contributed by atoms with Crippen LogP contribution in [0.5, 0.6) is 0 Å². The minimum atomic E-state index is 0. The third-order valence-electron chi connectivity index (χ3n) is 0. The van der Waals surface area contributed by atoms with E-state index < -0.39 is 0 Å². The van der Waals surface area contributed by atoms with Gasteiger partial charge in [-0.15, -0.1) is 0 Å². The maximum absolute atomic E-state index is 8.24. The first-order chi connectivity index (χ1) is 8.49. The SMILES string of the molecule is N#C[O-].N#C[O-].N#C[O-].N#C[O-].N#C[O-].N#C[O-].[Cd+2].[SeH4+2].[Zn+2]. The zero-order chi connectivity index (χ0) is 16.2. The molecule has 0 aliphatic rings. The van der Waals surface area contributed by atoms with Crippen LogP contribution in [0.25, 0.3) is 0 Å². The van der Waals surface area contributed by atoms with E-state index in [1.54, 1.807) is 0 Å². The summed E-state index contributed by atoms with van der Waals surface area (Å²) in [4.78, 5) is 0. The van der Waals surface area contributed by atoms with Crippen LogP contribution < -0.4 is 30.6 Å². The van der Waals surface area contributed by atoms with Gasteiger partial charge in [0.15, 0.2) is 0 Å². The van der Waals surface area contributed by atoms with Crippen LogP contribution in [0.2, 0.25) is 0 Å². The Bertz CT molecular complexity index is 268. The maximum atomic E-state index is 8.24. The molecule has 0 saturated heterocycles. The molecule has 0 aliphatic carbocycles. The molecule has 0 heterocycles. The van der Waals surface area contributed by atoms with Crippen molar-refractivity contribution in [3.63, 3.8) is 0 Å². The third kappa shape index (κ3) is 923. The summed E-state index contributed by atoms with van der Waals surface area (Å²) in [7, 11) is 0. The maximum Gasteiger partial charge on any atom is 2.00 e. The Labute approximate surface area is 162 Å². The predicted molar refractivity (Wildman–Crippen MR) is 45.0 cm³/mol. The predicted octanol–water partition coefficient (Wildman–Crippen LogP) is -8.49. The summed E-state index contributed by atoms with van der Waals surface area (Å²) in [6.45, 7) is 0. The monoisotopic (exact) mass is 514 g/mol. The fourth-order valence-electron chi connectivity index (χ4n) is 0. The molecule has 0 N–H and O–H groups in total. The Morgan fingerprint density at radius 1 is 0.429 bits per heavy atom. The van der Waals surface area contributed by atoms with E-state index >= 15 is 0 Å². The van der Waals surface area contributed by atoms with Crippen LogP contribution in [-0.4, -0.2) is 17.1 Å². The molecule has 0 bridgehead atoms. The number of hydrogen-bond acceptors (Lipinski definition) is 12. The topological polar surface area (TPSA) is 281 Å². The Hall–Kier alpha value is -2.20. The summed E-state index contributed by atoms with van der Waals surface area (Å²) in [6, 6.07) is 0. The Morgan fingerprint density at radius 3 is 0.429 bits per heavy atom. The summed E-state index contributed by atoms with van der Waals surface area (Å²) in [5.41, 5.74) is 0. The van der Waals surface area contributed by atoms with Gasteiger partial charge in [-0.05, 0) is 0 Å². The van der Waals surface area contributed by atoms with Crippen molar-refractivity contribution in [2.45, 2.75) is 0 Å². The standard InChI is InChI=1S/6CHNO.Cd.H4Se.Zn/c6*2-1-3;;;/h6*3H;;1H4;/q;;;;;;3*+2/p-6. The van der Waals surface area contributed by atoms with Gasteiger partial charge < -0.3 is 30.6 Å². The van der Waals surface area contributed by atoms with Crippen molar-refractivity contribution in [2.75, 3.05) is 0 Å². The molecule has 0 fully saturated rings. The van der Waals surface area contributed by atoms with Crippen LogP contribution in [0, 0.1) is 69.1 Å². The summed E-state index contributed by atoms with van der Waals surface area (Å²) in [5, 5.41) is 90.0. The Morgan fingerprint density at radius 2 is 0.429 bits per heavy atom. The smallest absolute Gasteiger partial charge is 2.00 e. The minimum absolute atomic E-state index is 0. The Kier molecular flexibility index (Phi) is 1030. The second-order valence-corrected chi connectivity index (χ2v) is 0.548. The molecule has 0 aromatic carbocycles.